The lowest BCUT2D eigenvalue weighted by Crippen LogP contribution is -2.49. The Hall–Kier alpha value is -2.22. The van der Waals surface area contributed by atoms with E-state index in [0.717, 1.165) is 45.6 Å². The topological polar surface area (TPSA) is 64.6 Å². The molecule has 2 aromatic rings. The van der Waals surface area contributed by atoms with Crippen molar-refractivity contribution < 1.29 is 4.79 Å². The summed E-state index contributed by atoms with van der Waals surface area (Å²) in [4.78, 5) is 28.2. The van der Waals surface area contributed by atoms with Gasteiger partial charge >= 0.3 is 0 Å². The minimum absolute atomic E-state index is 0.230. The van der Waals surface area contributed by atoms with Crippen LogP contribution in [-0.4, -0.2) is 79.0 Å². The van der Waals surface area contributed by atoms with E-state index in [1.807, 2.05) is 18.0 Å². The number of carbonyl (C=O) groups is 1. The summed E-state index contributed by atoms with van der Waals surface area (Å²) in [7, 11) is 4.08. The summed E-state index contributed by atoms with van der Waals surface area (Å²) in [6.07, 6.45) is 3.63. The predicted octanol–water partition coefficient (Wildman–Crippen LogP) is 3.08. The number of unbranched alkanes of at least 4 members (excludes halogenated alkanes) is 1. The van der Waals surface area contributed by atoms with E-state index in [1.54, 1.807) is 0 Å². The van der Waals surface area contributed by atoms with Crippen LogP contribution in [0.4, 0.5) is 5.95 Å². The summed E-state index contributed by atoms with van der Waals surface area (Å²) in [6.45, 7) is 7.23. The van der Waals surface area contributed by atoms with Crippen LogP contribution < -0.4 is 10.2 Å². The number of piperazine rings is 1. The molecule has 1 aliphatic heterocycles. The van der Waals surface area contributed by atoms with E-state index < -0.39 is 0 Å². The molecule has 0 spiro atoms. The summed E-state index contributed by atoms with van der Waals surface area (Å²) in [5, 5.41) is 3.26. The Balaban J connectivity index is 1.60. The lowest BCUT2D eigenvalue weighted by Gasteiger charge is -2.40. The van der Waals surface area contributed by atoms with Gasteiger partial charge in [-0.1, -0.05) is 55.3 Å². The van der Waals surface area contributed by atoms with Crippen molar-refractivity contribution in [1.82, 2.24) is 25.1 Å². The molecular weight excluding hydrogens is 412 g/mol. The van der Waals surface area contributed by atoms with Gasteiger partial charge in [-0.2, -0.15) is 0 Å². The van der Waals surface area contributed by atoms with Crippen molar-refractivity contribution in [3.8, 4) is 0 Å². The number of amides is 1. The number of halogens is 1. The van der Waals surface area contributed by atoms with Crippen LogP contribution in [-0.2, 0) is 0 Å². The number of hydrogen-bond donors (Lipinski definition) is 1. The third-order valence-electron chi connectivity index (χ3n) is 5.70. The first-order valence-electron chi connectivity index (χ1n) is 11.0. The molecule has 1 N–H and O–H groups in total. The monoisotopic (exact) mass is 444 g/mol. The maximum absolute atomic E-state index is 12.8. The molecule has 1 amide bonds. The Labute approximate surface area is 190 Å². The van der Waals surface area contributed by atoms with Crippen molar-refractivity contribution in [2.24, 2.45) is 0 Å². The van der Waals surface area contributed by atoms with Gasteiger partial charge in [0.15, 0.2) is 5.69 Å². The standard InChI is InChI=1S/C23H33ClN6O/c1-4-5-12-29(3)23-26-16-19(24)21(27-23)22(31)25-11-13-30-15-14-28(2)17-20(30)18-9-7-6-8-10-18/h6-10,16,20H,4-5,11-15,17H2,1-3H3,(H,25,31)/t20-/m0/s1. The molecule has 168 valence electrons. The lowest BCUT2D eigenvalue weighted by molar-refractivity contribution is 0.0840. The van der Waals surface area contributed by atoms with E-state index in [1.165, 1.54) is 11.8 Å². The predicted molar refractivity (Wildman–Crippen MR) is 126 cm³/mol. The van der Waals surface area contributed by atoms with E-state index in [0.29, 0.717) is 18.5 Å². The third kappa shape index (κ3) is 6.38. The fraction of sp³-hybridized carbons (Fsp3) is 0.522. The van der Waals surface area contributed by atoms with Crippen molar-refractivity contribution in [3.05, 3.63) is 52.8 Å². The molecule has 3 rings (SSSR count). The van der Waals surface area contributed by atoms with Gasteiger partial charge in [-0.25, -0.2) is 9.97 Å². The Kier molecular flexibility index (Phi) is 8.63. The quantitative estimate of drug-likeness (QED) is 0.641. The van der Waals surface area contributed by atoms with Crippen molar-refractivity contribution in [1.29, 1.82) is 0 Å². The van der Waals surface area contributed by atoms with E-state index in [4.69, 9.17) is 11.6 Å². The fourth-order valence-corrected chi connectivity index (χ4v) is 3.99. The zero-order chi connectivity index (χ0) is 22.2. The van der Waals surface area contributed by atoms with Crippen molar-refractivity contribution >= 4 is 23.5 Å². The molecule has 1 fully saturated rings. The smallest absolute Gasteiger partial charge is 0.271 e. The summed E-state index contributed by atoms with van der Waals surface area (Å²) < 4.78 is 0. The summed E-state index contributed by atoms with van der Waals surface area (Å²) in [5.74, 6) is 0.258. The van der Waals surface area contributed by atoms with Crippen LogP contribution >= 0.6 is 11.6 Å². The number of nitrogens with one attached hydrogen (secondary N) is 1. The van der Waals surface area contributed by atoms with Crippen LogP contribution in [0.2, 0.25) is 5.02 Å². The van der Waals surface area contributed by atoms with Gasteiger partial charge in [0.25, 0.3) is 5.91 Å². The van der Waals surface area contributed by atoms with Crippen molar-refractivity contribution in [3.63, 3.8) is 0 Å². The third-order valence-corrected chi connectivity index (χ3v) is 5.97. The molecule has 1 atom stereocenters. The van der Waals surface area contributed by atoms with E-state index in [9.17, 15) is 4.79 Å². The first-order valence-corrected chi connectivity index (χ1v) is 11.4. The first kappa shape index (κ1) is 23.4. The highest BCUT2D eigenvalue weighted by Crippen LogP contribution is 2.24. The Bertz CT molecular complexity index is 849. The molecule has 0 aliphatic carbocycles. The van der Waals surface area contributed by atoms with Crippen LogP contribution in [0, 0.1) is 0 Å². The van der Waals surface area contributed by atoms with Gasteiger partial charge in [0, 0.05) is 52.4 Å². The molecule has 0 unspecified atom stereocenters. The molecule has 0 bridgehead atoms. The van der Waals surface area contributed by atoms with Gasteiger partial charge in [-0.3, -0.25) is 9.69 Å². The van der Waals surface area contributed by atoms with Gasteiger partial charge in [0.1, 0.15) is 0 Å². The van der Waals surface area contributed by atoms with Gasteiger partial charge in [0.05, 0.1) is 11.2 Å². The normalized spacial score (nSPS) is 17.5. The van der Waals surface area contributed by atoms with E-state index in [2.05, 4.69) is 63.3 Å². The van der Waals surface area contributed by atoms with Crippen molar-refractivity contribution in [2.75, 3.05) is 58.3 Å². The zero-order valence-electron chi connectivity index (χ0n) is 18.7. The van der Waals surface area contributed by atoms with Crippen LogP contribution in [0.3, 0.4) is 0 Å². The molecule has 0 radical (unpaired) electrons. The molecule has 1 aromatic heterocycles. The average molecular weight is 445 g/mol. The molecule has 1 aromatic carbocycles. The maximum Gasteiger partial charge on any atom is 0.271 e. The largest absolute Gasteiger partial charge is 0.349 e. The molecule has 31 heavy (non-hydrogen) atoms. The highest BCUT2D eigenvalue weighted by atomic mass is 35.5. The van der Waals surface area contributed by atoms with Crippen LogP contribution in [0.15, 0.2) is 36.5 Å². The molecule has 1 aliphatic rings. The first-order chi connectivity index (χ1) is 15.0. The highest BCUT2D eigenvalue weighted by Gasteiger charge is 2.26. The average Bonchev–Trinajstić information content (AvgIpc) is 2.79. The van der Waals surface area contributed by atoms with Crippen LogP contribution in [0.5, 0.6) is 0 Å². The second-order valence-electron chi connectivity index (χ2n) is 8.12. The second kappa shape index (κ2) is 11.4. The molecular formula is C23H33ClN6O. The Morgan fingerprint density at radius 1 is 1.29 bits per heavy atom. The molecule has 0 saturated carbocycles. The fourth-order valence-electron chi connectivity index (χ4n) is 3.81. The van der Waals surface area contributed by atoms with Gasteiger partial charge in [0.2, 0.25) is 5.95 Å². The molecule has 1 saturated heterocycles. The highest BCUT2D eigenvalue weighted by molar-refractivity contribution is 6.33. The summed E-state index contributed by atoms with van der Waals surface area (Å²) >= 11 is 6.23. The SMILES string of the molecule is CCCCN(C)c1ncc(Cl)c(C(=O)NCCN2CCN(C)C[C@H]2c2ccccc2)n1. The van der Waals surface area contributed by atoms with Gasteiger partial charge < -0.3 is 15.1 Å². The minimum Gasteiger partial charge on any atom is -0.349 e. The van der Waals surface area contributed by atoms with E-state index >= 15 is 0 Å². The maximum atomic E-state index is 12.8. The number of rotatable bonds is 9. The molecule has 2 heterocycles. The second-order valence-corrected chi connectivity index (χ2v) is 8.53. The van der Waals surface area contributed by atoms with Crippen LogP contribution in [0.25, 0.3) is 0 Å². The Morgan fingerprint density at radius 3 is 2.81 bits per heavy atom. The van der Waals surface area contributed by atoms with Gasteiger partial charge in [-0.05, 0) is 19.0 Å². The van der Waals surface area contributed by atoms with Crippen LogP contribution in [0.1, 0.15) is 41.9 Å². The summed E-state index contributed by atoms with van der Waals surface area (Å²) in [5.41, 5.74) is 1.53. The molecule has 7 nitrogen and oxygen atoms in total. The van der Waals surface area contributed by atoms with Gasteiger partial charge in [-0.15, -0.1) is 0 Å². The van der Waals surface area contributed by atoms with Crippen molar-refractivity contribution in [2.45, 2.75) is 25.8 Å². The molecule has 8 heteroatoms. The minimum atomic E-state index is -0.261. The number of benzene rings is 1. The van der Waals surface area contributed by atoms with E-state index in [-0.39, 0.29) is 16.6 Å². The lowest BCUT2D eigenvalue weighted by atomic mass is 10.0. The zero-order valence-corrected chi connectivity index (χ0v) is 19.5. The number of hydrogen-bond acceptors (Lipinski definition) is 6. The summed E-state index contributed by atoms with van der Waals surface area (Å²) in [6, 6.07) is 10.9. The number of anilines is 1. The number of likely N-dealkylation sites (N-methyl/N-ethyl adjacent to an activating group) is 1. The number of carbonyl (C=O) groups excluding carboxylic acids is 1. The number of nitrogens with zero attached hydrogens (tertiary/aromatic N) is 5. The Morgan fingerprint density at radius 2 is 2.06 bits per heavy atom. The number of aromatic nitrogens is 2.